The molecular formula is C19H19BrN2O2. The van der Waals surface area contributed by atoms with Crippen LogP contribution in [0.25, 0.3) is 0 Å². The van der Waals surface area contributed by atoms with Gasteiger partial charge in [-0.05, 0) is 45.6 Å². The number of piperazine rings is 1. The number of hydrogen-bond donors (Lipinski definition) is 1. The zero-order valence-electron chi connectivity index (χ0n) is 13.3. The van der Waals surface area contributed by atoms with Crippen LogP contribution < -0.4 is 0 Å². The third-order valence-corrected chi connectivity index (χ3v) is 5.85. The molecule has 0 unspecified atom stereocenters. The molecule has 1 atom stereocenters. The number of benzene rings is 2. The Kier molecular flexibility index (Phi) is 4.06. The number of halogens is 1. The highest BCUT2D eigenvalue weighted by molar-refractivity contribution is 9.10. The maximum atomic E-state index is 12.8. The summed E-state index contributed by atoms with van der Waals surface area (Å²) in [5.41, 5.74) is 2.95. The van der Waals surface area contributed by atoms with Gasteiger partial charge in [-0.1, -0.05) is 30.3 Å². The van der Waals surface area contributed by atoms with Crippen molar-refractivity contribution >= 4 is 21.8 Å². The van der Waals surface area contributed by atoms with E-state index in [9.17, 15) is 9.90 Å². The Balaban J connectivity index is 1.56. The normalized spacial score (nSPS) is 20.6. The zero-order chi connectivity index (χ0) is 16.7. The van der Waals surface area contributed by atoms with Crippen LogP contribution in [-0.4, -0.2) is 46.5 Å². The first-order chi connectivity index (χ1) is 11.6. The van der Waals surface area contributed by atoms with Crippen LogP contribution in [-0.2, 0) is 13.0 Å². The van der Waals surface area contributed by atoms with E-state index in [1.807, 2.05) is 11.0 Å². The number of carbonyl (C=O) groups is 1. The first kappa shape index (κ1) is 15.7. The topological polar surface area (TPSA) is 43.8 Å². The summed E-state index contributed by atoms with van der Waals surface area (Å²) in [5, 5.41) is 9.92. The molecule has 0 radical (unpaired) electrons. The summed E-state index contributed by atoms with van der Waals surface area (Å²) in [5.74, 6) is 0.285. The second-order valence-corrected chi connectivity index (χ2v) is 7.29. The highest BCUT2D eigenvalue weighted by Crippen LogP contribution is 2.36. The van der Waals surface area contributed by atoms with Gasteiger partial charge in [-0.25, -0.2) is 0 Å². The third kappa shape index (κ3) is 2.72. The van der Waals surface area contributed by atoms with Gasteiger partial charge >= 0.3 is 0 Å². The fourth-order valence-electron chi connectivity index (χ4n) is 3.75. The SMILES string of the molecule is O=C1c2ccc(O)c(Br)c2C[C@@H]2CN(Cc3ccccc3)CCN12. The van der Waals surface area contributed by atoms with Crippen LogP contribution in [0.5, 0.6) is 5.75 Å². The maximum Gasteiger partial charge on any atom is 0.254 e. The minimum Gasteiger partial charge on any atom is -0.507 e. The van der Waals surface area contributed by atoms with Crippen LogP contribution in [0.4, 0.5) is 0 Å². The fourth-order valence-corrected chi connectivity index (χ4v) is 4.25. The smallest absolute Gasteiger partial charge is 0.254 e. The van der Waals surface area contributed by atoms with Crippen LogP contribution in [0, 0.1) is 0 Å². The molecule has 4 nitrogen and oxygen atoms in total. The molecule has 2 aromatic carbocycles. The minimum absolute atomic E-state index is 0.0845. The molecular weight excluding hydrogens is 368 g/mol. The van der Waals surface area contributed by atoms with E-state index in [1.54, 1.807) is 12.1 Å². The van der Waals surface area contributed by atoms with Crippen molar-refractivity contribution < 1.29 is 9.90 Å². The van der Waals surface area contributed by atoms with Gasteiger partial charge in [0, 0.05) is 37.8 Å². The van der Waals surface area contributed by atoms with Gasteiger partial charge in [-0.3, -0.25) is 9.69 Å². The molecule has 124 valence electrons. The van der Waals surface area contributed by atoms with E-state index in [1.165, 1.54) is 5.56 Å². The number of phenols is 1. The molecule has 1 saturated heterocycles. The molecule has 1 N–H and O–H groups in total. The molecule has 2 aromatic rings. The zero-order valence-corrected chi connectivity index (χ0v) is 14.9. The monoisotopic (exact) mass is 386 g/mol. The summed E-state index contributed by atoms with van der Waals surface area (Å²) in [6.45, 7) is 3.43. The number of nitrogens with zero attached hydrogens (tertiary/aromatic N) is 2. The van der Waals surface area contributed by atoms with E-state index in [2.05, 4.69) is 45.1 Å². The fraction of sp³-hybridized carbons (Fsp3) is 0.316. The number of hydrogen-bond acceptors (Lipinski definition) is 3. The second kappa shape index (κ2) is 6.22. The summed E-state index contributed by atoms with van der Waals surface area (Å²) >= 11 is 3.44. The van der Waals surface area contributed by atoms with E-state index >= 15 is 0 Å². The summed E-state index contributed by atoms with van der Waals surface area (Å²) in [6, 6.07) is 13.9. The van der Waals surface area contributed by atoms with Gasteiger partial charge in [0.15, 0.2) is 0 Å². The van der Waals surface area contributed by atoms with Gasteiger partial charge in [0.1, 0.15) is 5.75 Å². The summed E-state index contributed by atoms with van der Waals surface area (Å²) in [4.78, 5) is 17.2. The van der Waals surface area contributed by atoms with Crippen molar-refractivity contribution in [3.63, 3.8) is 0 Å². The number of aromatic hydroxyl groups is 1. The molecule has 0 bridgehead atoms. The Morgan fingerprint density at radius 3 is 2.71 bits per heavy atom. The Morgan fingerprint density at radius 2 is 1.92 bits per heavy atom. The molecule has 1 fully saturated rings. The molecule has 0 aliphatic carbocycles. The summed E-state index contributed by atoms with van der Waals surface area (Å²) < 4.78 is 0.660. The Morgan fingerprint density at radius 1 is 1.12 bits per heavy atom. The van der Waals surface area contributed by atoms with E-state index in [0.29, 0.717) is 10.0 Å². The number of fused-ring (bicyclic) bond motifs is 2. The number of carbonyl (C=O) groups excluding carboxylic acids is 1. The largest absolute Gasteiger partial charge is 0.507 e. The lowest BCUT2D eigenvalue weighted by atomic mass is 9.91. The first-order valence-electron chi connectivity index (χ1n) is 8.21. The molecule has 0 aromatic heterocycles. The highest BCUT2D eigenvalue weighted by Gasteiger charge is 2.37. The van der Waals surface area contributed by atoms with Crippen molar-refractivity contribution in [2.24, 2.45) is 0 Å². The lowest BCUT2D eigenvalue weighted by Gasteiger charge is -2.44. The molecule has 0 spiro atoms. The van der Waals surface area contributed by atoms with Crippen LogP contribution in [0.2, 0.25) is 0 Å². The van der Waals surface area contributed by atoms with Crippen molar-refractivity contribution in [2.45, 2.75) is 19.0 Å². The highest BCUT2D eigenvalue weighted by atomic mass is 79.9. The molecule has 4 rings (SSSR count). The molecule has 1 amide bonds. The lowest BCUT2D eigenvalue weighted by Crippen LogP contribution is -2.57. The van der Waals surface area contributed by atoms with Crippen LogP contribution in [0.1, 0.15) is 21.5 Å². The van der Waals surface area contributed by atoms with Crippen molar-refractivity contribution in [1.29, 1.82) is 0 Å². The Bertz CT molecular complexity index is 778. The van der Waals surface area contributed by atoms with Crippen LogP contribution in [0.3, 0.4) is 0 Å². The molecule has 2 aliphatic heterocycles. The summed E-state index contributed by atoms with van der Waals surface area (Å²) in [6.07, 6.45) is 0.779. The predicted molar refractivity (Wildman–Crippen MR) is 96.1 cm³/mol. The number of amides is 1. The van der Waals surface area contributed by atoms with E-state index in [-0.39, 0.29) is 17.7 Å². The molecule has 5 heteroatoms. The maximum absolute atomic E-state index is 12.8. The standard InChI is InChI=1S/C19H19BrN2O2/c20-18-16-10-14-12-21(11-13-4-2-1-3-5-13)8-9-22(14)19(24)15(16)6-7-17(18)23/h1-7,14,23H,8-12H2/t14-/m1/s1. The van der Waals surface area contributed by atoms with Crippen molar-refractivity contribution in [3.8, 4) is 5.75 Å². The second-order valence-electron chi connectivity index (χ2n) is 6.50. The van der Waals surface area contributed by atoms with Gasteiger partial charge in [0.25, 0.3) is 5.91 Å². The van der Waals surface area contributed by atoms with E-state index in [0.717, 1.165) is 38.2 Å². The van der Waals surface area contributed by atoms with Crippen LogP contribution in [0.15, 0.2) is 46.9 Å². The van der Waals surface area contributed by atoms with Crippen molar-refractivity contribution in [1.82, 2.24) is 9.80 Å². The third-order valence-electron chi connectivity index (χ3n) is 4.97. The quantitative estimate of drug-likeness (QED) is 0.862. The van der Waals surface area contributed by atoms with Gasteiger partial charge in [0.05, 0.1) is 4.47 Å². The molecule has 2 heterocycles. The Hall–Kier alpha value is -1.85. The Labute approximate surface area is 149 Å². The van der Waals surface area contributed by atoms with E-state index in [4.69, 9.17) is 0 Å². The van der Waals surface area contributed by atoms with Gasteiger partial charge in [-0.2, -0.15) is 0 Å². The minimum atomic E-state index is 0.0845. The summed E-state index contributed by atoms with van der Waals surface area (Å²) in [7, 11) is 0. The number of rotatable bonds is 2. The van der Waals surface area contributed by atoms with Gasteiger partial charge in [-0.15, -0.1) is 0 Å². The predicted octanol–water partition coefficient (Wildman–Crippen LogP) is 3.04. The first-order valence-corrected chi connectivity index (χ1v) is 9.00. The molecule has 2 aliphatic rings. The van der Waals surface area contributed by atoms with E-state index < -0.39 is 0 Å². The van der Waals surface area contributed by atoms with Crippen LogP contribution >= 0.6 is 15.9 Å². The van der Waals surface area contributed by atoms with Gasteiger partial charge in [0.2, 0.25) is 0 Å². The molecule has 0 saturated carbocycles. The lowest BCUT2D eigenvalue weighted by molar-refractivity contribution is 0.0401. The van der Waals surface area contributed by atoms with Gasteiger partial charge < -0.3 is 10.0 Å². The average molecular weight is 387 g/mol. The molecule has 24 heavy (non-hydrogen) atoms. The van der Waals surface area contributed by atoms with Crippen molar-refractivity contribution in [2.75, 3.05) is 19.6 Å². The average Bonchev–Trinajstić information content (AvgIpc) is 2.59. The number of phenolic OH excluding ortho intramolecular Hbond substituents is 1. The van der Waals surface area contributed by atoms with Crippen molar-refractivity contribution in [3.05, 3.63) is 63.6 Å².